The average molecular weight is 218 g/mol. The Morgan fingerprint density at radius 2 is 2.06 bits per heavy atom. The molecule has 0 radical (unpaired) electrons. The Labute approximate surface area is 96.9 Å². The number of carbonyl (C=O) groups is 1. The van der Waals surface area contributed by atoms with Crippen LogP contribution in [-0.2, 0) is 9.53 Å². The lowest BCUT2D eigenvalue weighted by Gasteiger charge is -2.00. The van der Waals surface area contributed by atoms with E-state index in [1.165, 1.54) is 0 Å². The number of benzene rings is 1. The lowest BCUT2D eigenvalue weighted by atomic mass is 10.2. The lowest BCUT2D eigenvalue weighted by molar-refractivity contribution is -0.142. The van der Waals surface area contributed by atoms with Crippen molar-refractivity contribution in [2.75, 3.05) is 6.61 Å². The lowest BCUT2D eigenvalue weighted by Crippen LogP contribution is -2.03. The summed E-state index contributed by atoms with van der Waals surface area (Å²) in [6.07, 6.45) is 6.26. The van der Waals surface area contributed by atoms with Crippen molar-refractivity contribution in [3.8, 4) is 0 Å². The quantitative estimate of drug-likeness (QED) is 0.684. The van der Waals surface area contributed by atoms with Gasteiger partial charge in [0.15, 0.2) is 0 Å². The number of esters is 1. The van der Waals surface area contributed by atoms with E-state index < -0.39 is 0 Å². The first kappa shape index (κ1) is 12.5. The highest BCUT2D eigenvalue weighted by Crippen LogP contribution is 2.01. The van der Waals surface area contributed by atoms with Gasteiger partial charge in [-0.1, -0.05) is 49.8 Å². The highest BCUT2D eigenvalue weighted by Gasteiger charge is 1.98. The number of rotatable bonds is 6. The van der Waals surface area contributed by atoms with Gasteiger partial charge in [-0.3, -0.25) is 4.79 Å². The smallest absolute Gasteiger partial charge is 0.306 e. The second kappa shape index (κ2) is 7.69. The minimum atomic E-state index is -0.112. The molecule has 1 aromatic rings. The molecule has 0 atom stereocenters. The van der Waals surface area contributed by atoms with Crippen LogP contribution in [0.1, 0.15) is 31.7 Å². The van der Waals surface area contributed by atoms with Gasteiger partial charge < -0.3 is 4.74 Å². The van der Waals surface area contributed by atoms with Crippen molar-refractivity contribution in [2.45, 2.75) is 26.2 Å². The zero-order chi connectivity index (χ0) is 11.6. The summed E-state index contributed by atoms with van der Waals surface area (Å²) in [7, 11) is 0. The van der Waals surface area contributed by atoms with Crippen LogP contribution in [0, 0.1) is 0 Å². The molecule has 0 aromatic heterocycles. The first-order valence-corrected chi connectivity index (χ1v) is 5.70. The molecule has 0 heterocycles. The van der Waals surface area contributed by atoms with E-state index in [0.717, 1.165) is 18.4 Å². The van der Waals surface area contributed by atoms with Gasteiger partial charge in [0.25, 0.3) is 0 Å². The highest BCUT2D eigenvalue weighted by molar-refractivity contribution is 5.69. The molecule has 0 saturated carbocycles. The number of hydrogen-bond acceptors (Lipinski definition) is 2. The molecule has 0 bridgehead atoms. The number of carbonyl (C=O) groups excluding carboxylic acids is 1. The Kier molecular flexibility index (Phi) is 6.00. The van der Waals surface area contributed by atoms with Crippen molar-refractivity contribution >= 4 is 12.0 Å². The van der Waals surface area contributed by atoms with E-state index in [9.17, 15) is 4.79 Å². The molecule has 16 heavy (non-hydrogen) atoms. The molecule has 0 amide bonds. The van der Waals surface area contributed by atoms with Crippen LogP contribution in [-0.4, -0.2) is 12.6 Å². The van der Waals surface area contributed by atoms with Gasteiger partial charge >= 0.3 is 5.97 Å². The summed E-state index contributed by atoms with van der Waals surface area (Å²) < 4.78 is 5.04. The van der Waals surface area contributed by atoms with E-state index >= 15 is 0 Å². The topological polar surface area (TPSA) is 26.3 Å². The number of unbranched alkanes of at least 4 members (excludes halogenated alkanes) is 1. The second-order valence-corrected chi connectivity index (χ2v) is 3.60. The fourth-order valence-electron chi connectivity index (χ4n) is 1.28. The minimum Gasteiger partial charge on any atom is -0.461 e. The third kappa shape index (κ3) is 5.35. The zero-order valence-electron chi connectivity index (χ0n) is 9.69. The van der Waals surface area contributed by atoms with E-state index in [4.69, 9.17) is 4.74 Å². The molecular weight excluding hydrogens is 200 g/mol. The minimum absolute atomic E-state index is 0.112. The summed E-state index contributed by atoms with van der Waals surface area (Å²) in [4.78, 5) is 11.2. The van der Waals surface area contributed by atoms with Crippen LogP contribution >= 0.6 is 0 Å². The molecule has 86 valence electrons. The van der Waals surface area contributed by atoms with Gasteiger partial charge in [0.05, 0.1) is 0 Å². The van der Waals surface area contributed by atoms with Crippen molar-refractivity contribution in [3.63, 3.8) is 0 Å². The van der Waals surface area contributed by atoms with E-state index in [1.54, 1.807) is 0 Å². The number of hydrogen-bond donors (Lipinski definition) is 0. The van der Waals surface area contributed by atoms with E-state index in [-0.39, 0.29) is 5.97 Å². The normalized spacial score (nSPS) is 10.6. The molecular formula is C14H18O2. The maximum atomic E-state index is 11.2. The second-order valence-electron chi connectivity index (χ2n) is 3.60. The standard InChI is InChI=1S/C14H18O2/c1-2-3-11-14(15)16-12-7-10-13-8-5-4-6-9-13/h4-10H,2-3,11-12H2,1H3/b10-7-. The van der Waals surface area contributed by atoms with Crippen LogP contribution in [0.2, 0.25) is 0 Å². The Morgan fingerprint density at radius 3 is 2.75 bits per heavy atom. The summed E-state index contributed by atoms with van der Waals surface area (Å²) in [5, 5.41) is 0. The van der Waals surface area contributed by atoms with Crippen LogP contribution < -0.4 is 0 Å². The predicted octanol–water partition coefficient (Wildman–Crippen LogP) is 3.43. The van der Waals surface area contributed by atoms with Gasteiger partial charge in [-0.05, 0) is 18.1 Å². The molecule has 0 saturated heterocycles. The molecule has 2 nitrogen and oxygen atoms in total. The number of ether oxygens (including phenoxy) is 1. The van der Waals surface area contributed by atoms with Crippen LogP contribution in [0.5, 0.6) is 0 Å². The monoisotopic (exact) mass is 218 g/mol. The molecule has 0 aliphatic rings. The highest BCUT2D eigenvalue weighted by atomic mass is 16.5. The van der Waals surface area contributed by atoms with Gasteiger partial charge in [-0.2, -0.15) is 0 Å². The summed E-state index contributed by atoms with van der Waals surface area (Å²) in [5.74, 6) is -0.112. The molecule has 0 unspecified atom stereocenters. The van der Waals surface area contributed by atoms with Crippen LogP contribution in [0.15, 0.2) is 36.4 Å². The van der Waals surface area contributed by atoms with E-state index in [2.05, 4.69) is 6.92 Å². The van der Waals surface area contributed by atoms with Crippen molar-refractivity contribution in [3.05, 3.63) is 42.0 Å². The Bertz CT molecular complexity index is 328. The molecule has 1 rings (SSSR count). The van der Waals surface area contributed by atoms with Crippen molar-refractivity contribution < 1.29 is 9.53 Å². The SMILES string of the molecule is CCCCC(=O)OC/C=C\c1ccccc1. The fraction of sp³-hybridized carbons (Fsp3) is 0.357. The molecule has 0 fully saturated rings. The van der Waals surface area contributed by atoms with Gasteiger partial charge in [0.1, 0.15) is 6.61 Å². The molecule has 0 aliphatic heterocycles. The molecule has 2 heteroatoms. The maximum Gasteiger partial charge on any atom is 0.306 e. The van der Waals surface area contributed by atoms with Gasteiger partial charge in [0, 0.05) is 6.42 Å². The molecule has 0 aliphatic carbocycles. The van der Waals surface area contributed by atoms with Crippen LogP contribution in [0.3, 0.4) is 0 Å². The summed E-state index contributed by atoms with van der Waals surface area (Å²) in [6.45, 7) is 2.42. The maximum absolute atomic E-state index is 11.2. The van der Waals surface area contributed by atoms with Crippen molar-refractivity contribution in [2.24, 2.45) is 0 Å². The van der Waals surface area contributed by atoms with Crippen LogP contribution in [0.4, 0.5) is 0 Å². The van der Waals surface area contributed by atoms with E-state index in [0.29, 0.717) is 13.0 Å². The third-order valence-corrected chi connectivity index (χ3v) is 2.18. The summed E-state index contributed by atoms with van der Waals surface area (Å²) in [6, 6.07) is 9.95. The average Bonchev–Trinajstić information content (AvgIpc) is 2.33. The Morgan fingerprint density at radius 1 is 1.31 bits per heavy atom. The Balaban J connectivity index is 2.20. The first-order chi connectivity index (χ1) is 7.83. The van der Waals surface area contributed by atoms with E-state index in [1.807, 2.05) is 42.5 Å². The summed E-state index contributed by atoms with van der Waals surface area (Å²) in [5.41, 5.74) is 1.12. The third-order valence-electron chi connectivity index (χ3n) is 2.18. The van der Waals surface area contributed by atoms with Gasteiger partial charge in [-0.25, -0.2) is 0 Å². The molecule has 1 aromatic carbocycles. The van der Waals surface area contributed by atoms with Gasteiger partial charge in [0.2, 0.25) is 0 Å². The summed E-state index contributed by atoms with van der Waals surface area (Å²) >= 11 is 0. The fourth-order valence-corrected chi connectivity index (χ4v) is 1.28. The van der Waals surface area contributed by atoms with Crippen molar-refractivity contribution in [1.82, 2.24) is 0 Å². The first-order valence-electron chi connectivity index (χ1n) is 5.70. The molecule has 0 N–H and O–H groups in total. The largest absolute Gasteiger partial charge is 0.461 e. The zero-order valence-corrected chi connectivity index (χ0v) is 9.69. The van der Waals surface area contributed by atoms with Crippen molar-refractivity contribution in [1.29, 1.82) is 0 Å². The van der Waals surface area contributed by atoms with Crippen LogP contribution in [0.25, 0.3) is 6.08 Å². The predicted molar refractivity (Wildman–Crippen MR) is 66.0 cm³/mol. The Hall–Kier alpha value is -1.57. The van der Waals surface area contributed by atoms with Gasteiger partial charge in [-0.15, -0.1) is 0 Å². The molecule has 0 spiro atoms.